The maximum atomic E-state index is 11.3. The summed E-state index contributed by atoms with van der Waals surface area (Å²) in [7, 11) is -2.93. The fourth-order valence-electron chi connectivity index (χ4n) is 1.59. The third kappa shape index (κ3) is 3.79. The zero-order valence-electron chi connectivity index (χ0n) is 8.85. The molecular weight excluding hydrogens is 218 g/mol. The normalized spacial score (nSPS) is 18.7. The van der Waals surface area contributed by atoms with Gasteiger partial charge in [0, 0.05) is 25.4 Å². The predicted molar refractivity (Wildman–Crippen MR) is 56.5 cm³/mol. The topological polar surface area (TPSA) is 74.7 Å². The van der Waals surface area contributed by atoms with Crippen LogP contribution in [-0.2, 0) is 14.6 Å². The molecule has 6 heteroatoms. The summed E-state index contributed by atoms with van der Waals surface area (Å²) in [6, 6.07) is 0. The molecule has 0 aliphatic carbocycles. The lowest BCUT2D eigenvalue weighted by molar-refractivity contribution is -0.147. The molecule has 0 unspecified atom stereocenters. The third-order valence-corrected chi connectivity index (χ3v) is 4.37. The maximum Gasteiger partial charge on any atom is 0.309 e. The molecular formula is C9H17NO4S. The molecule has 0 bridgehead atoms. The molecule has 0 radical (unpaired) electrons. The standard InChI is InChI=1S/C9H17NO4S/c1-2-4-15(13,14)5-3-10-6-8(7-10)9(11)12/h8H,2-7H2,1H3,(H,11,12). The van der Waals surface area contributed by atoms with Crippen LogP contribution in [0.5, 0.6) is 0 Å². The molecule has 1 aliphatic rings. The Morgan fingerprint density at radius 1 is 1.40 bits per heavy atom. The number of carboxylic acids is 1. The van der Waals surface area contributed by atoms with Crippen LogP contribution in [0.3, 0.4) is 0 Å². The van der Waals surface area contributed by atoms with E-state index in [-0.39, 0.29) is 17.4 Å². The van der Waals surface area contributed by atoms with Crippen molar-refractivity contribution in [3.05, 3.63) is 0 Å². The highest BCUT2D eigenvalue weighted by Crippen LogP contribution is 2.15. The Labute approximate surface area is 90.0 Å². The SMILES string of the molecule is CCCS(=O)(=O)CCN1CC(C(=O)O)C1. The zero-order chi connectivity index (χ0) is 11.5. The molecule has 0 aromatic rings. The van der Waals surface area contributed by atoms with E-state index in [0.29, 0.717) is 26.1 Å². The molecule has 1 heterocycles. The first-order valence-electron chi connectivity index (χ1n) is 5.10. The van der Waals surface area contributed by atoms with Gasteiger partial charge in [-0.05, 0) is 6.42 Å². The summed E-state index contributed by atoms with van der Waals surface area (Å²) in [5, 5.41) is 8.62. The van der Waals surface area contributed by atoms with E-state index in [1.54, 1.807) is 0 Å². The smallest absolute Gasteiger partial charge is 0.309 e. The summed E-state index contributed by atoms with van der Waals surface area (Å²) >= 11 is 0. The predicted octanol–water partition coefficient (Wildman–Crippen LogP) is -0.172. The Morgan fingerprint density at radius 2 is 2.00 bits per heavy atom. The highest BCUT2D eigenvalue weighted by atomic mass is 32.2. The van der Waals surface area contributed by atoms with E-state index in [9.17, 15) is 13.2 Å². The second-order valence-corrected chi connectivity index (χ2v) is 6.25. The molecule has 0 spiro atoms. The molecule has 0 amide bonds. The molecule has 0 saturated carbocycles. The molecule has 0 aromatic carbocycles. The van der Waals surface area contributed by atoms with Crippen LogP contribution in [0.1, 0.15) is 13.3 Å². The number of hydrogen-bond donors (Lipinski definition) is 1. The Bertz CT molecular complexity index is 319. The number of hydrogen-bond acceptors (Lipinski definition) is 4. The zero-order valence-corrected chi connectivity index (χ0v) is 9.66. The van der Waals surface area contributed by atoms with Crippen molar-refractivity contribution in [3.63, 3.8) is 0 Å². The van der Waals surface area contributed by atoms with Crippen LogP contribution in [0.25, 0.3) is 0 Å². The summed E-state index contributed by atoms with van der Waals surface area (Å²) in [4.78, 5) is 12.4. The van der Waals surface area contributed by atoms with Gasteiger partial charge in [0.15, 0.2) is 9.84 Å². The van der Waals surface area contributed by atoms with Crippen molar-refractivity contribution in [2.75, 3.05) is 31.1 Å². The molecule has 0 atom stereocenters. The minimum absolute atomic E-state index is 0.146. The number of sulfone groups is 1. The molecule has 88 valence electrons. The Hall–Kier alpha value is -0.620. The van der Waals surface area contributed by atoms with Crippen molar-refractivity contribution in [3.8, 4) is 0 Å². The Morgan fingerprint density at radius 3 is 2.47 bits per heavy atom. The number of aliphatic carboxylic acids is 1. The van der Waals surface area contributed by atoms with E-state index >= 15 is 0 Å². The first kappa shape index (κ1) is 12.4. The first-order chi connectivity index (χ1) is 6.94. The van der Waals surface area contributed by atoms with Gasteiger partial charge in [-0.1, -0.05) is 6.92 Å². The van der Waals surface area contributed by atoms with Gasteiger partial charge in [0.05, 0.1) is 11.7 Å². The third-order valence-electron chi connectivity index (χ3n) is 2.54. The van der Waals surface area contributed by atoms with Gasteiger partial charge < -0.3 is 10.0 Å². The van der Waals surface area contributed by atoms with Crippen LogP contribution in [0.4, 0.5) is 0 Å². The van der Waals surface area contributed by atoms with Crippen molar-refractivity contribution in [2.45, 2.75) is 13.3 Å². The molecule has 1 rings (SSSR count). The second-order valence-electron chi connectivity index (χ2n) is 3.95. The number of likely N-dealkylation sites (tertiary alicyclic amines) is 1. The summed E-state index contributed by atoms with van der Waals surface area (Å²) in [5.41, 5.74) is 0. The number of nitrogens with zero attached hydrogens (tertiary/aromatic N) is 1. The fraction of sp³-hybridized carbons (Fsp3) is 0.889. The minimum Gasteiger partial charge on any atom is -0.481 e. The highest BCUT2D eigenvalue weighted by Gasteiger charge is 2.32. The highest BCUT2D eigenvalue weighted by molar-refractivity contribution is 7.91. The van der Waals surface area contributed by atoms with Crippen molar-refractivity contribution >= 4 is 15.8 Å². The van der Waals surface area contributed by atoms with Crippen LogP contribution in [0.15, 0.2) is 0 Å². The van der Waals surface area contributed by atoms with Crippen molar-refractivity contribution in [1.82, 2.24) is 4.90 Å². The van der Waals surface area contributed by atoms with E-state index < -0.39 is 15.8 Å². The van der Waals surface area contributed by atoms with Crippen LogP contribution in [0, 0.1) is 5.92 Å². The molecule has 5 nitrogen and oxygen atoms in total. The quantitative estimate of drug-likeness (QED) is 0.691. The van der Waals surface area contributed by atoms with E-state index in [0.717, 1.165) is 0 Å². The van der Waals surface area contributed by atoms with E-state index in [1.165, 1.54) is 0 Å². The average Bonchev–Trinajstić information content (AvgIpc) is 1.99. The van der Waals surface area contributed by atoms with Crippen molar-refractivity contribution in [1.29, 1.82) is 0 Å². The summed E-state index contributed by atoms with van der Waals surface area (Å²) in [5.74, 6) is -0.724. The molecule has 0 aromatic heterocycles. The lowest BCUT2D eigenvalue weighted by Gasteiger charge is -2.36. The Kier molecular flexibility index (Phi) is 4.10. The number of carbonyl (C=O) groups is 1. The summed E-state index contributed by atoms with van der Waals surface area (Å²) < 4.78 is 22.7. The van der Waals surface area contributed by atoms with Gasteiger partial charge in [0.2, 0.25) is 0 Å². The molecule has 1 aliphatic heterocycles. The lowest BCUT2D eigenvalue weighted by Crippen LogP contribution is -2.51. The van der Waals surface area contributed by atoms with Gasteiger partial charge in [0.25, 0.3) is 0 Å². The largest absolute Gasteiger partial charge is 0.481 e. The monoisotopic (exact) mass is 235 g/mol. The van der Waals surface area contributed by atoms with Gasteiger partial charge in [-0.25, -0.2) is 8.42 Å². The van der Waals surface area contributed by atoms with E-state index in [1.807, 2.05) is 11.8 Å². The van der Waals surface area contributed by atoms with Crippen LogP contribution in [0.2, 0.25) is 0 Å². The van der Waals surface area contributed by atoms with Crippen LogP contribution < -0.4 is 0 Å². The summed E-state index contributed by atoms with van der Waals surface area (Å²) in [6.07, 6.45) is 0.639. The number of carboxylic acid groups (broad SMARTS) is 1. The average molecular weight is 235 g/mol. The molecule has 1 N–H and O–H groups in total. The minimum atomic E-state index is -2.93. The fourth-order valence-corrected chi connectivity index (χ4v) is 2.95. The van der Waals surface area contributed by atoms with Gasteiger partial charge >= 0.3 is 5.97 Å². The summed E-state index contributed by atoms with van der Waals surface area (Å²) in [6.45, 7) is 3.27. The maximum absolute atomic E-state index is 11.3. The van der Waals surface area contributed by atoms with Crippen LogP contribution >= 0.6 is 0 Å². The lowest BCUT2D eigenvalue weighted by atomic mass is 10.0. The number of rotatable bonds is 6. The van der Waals surface area contributed by atoms with Crippen molar-refractivity contribution < 1.29 is 18.3 Å². The second kappa shape index (κ2) is 4.94. The van der Waals surface area contributed by atoms with Crippen molar-refractivity contribution in [2.24, 2.45) is 5.92 Å². The van der Waals surface area contributed by atoms with Gasteiger partial charge in [-0.3, -0.25) is 4.79 Å². The van der Waals surface area contributed by atoms with Gasteiger partial charge in [-0.15, -0.1) is 0 Å². The first-order valence-corrected chi connectivity index (χ1v) is 6.92. The Balaban J connectivity index is 2.21. The van der Waals surface area contributed by atoms with E-state index in [2.05, 4.69) is 0 Å². The molecule has 1 fully saturated rings. The van der Waals surface area contributed by atoms with Crippen LogP contribution in [-0.4, -0.2) is 55.5 Å². The molecule has 15 heavy (non-hydrogen) atoms. The van der Waals surface area contributed by atoms with E-state index in [4.69, 9.17) is 5.11 Å². The van der Waals surface area contributed by atoms with Gasteiger partial charge in [0.1, 0.15) is 0 Å². The van der Waals surface area contributed by atoms with Gasteiger partial charge in [-0.2, -0.15) is 0 Å². The molecule has 1 saturated heterocycles.